The Balaban J connectivity index is 3.00. The van der Waals surface area contributed by atoms with Crippen LogP contribution in [0.5, 0.6) is 5.75 Å². The molecule has 0 aliphatic rings. The summed E-state index contributed by atoms with van der Waals surface area (Å²) in [6.45, 7) is 1.20. The number of rotatable bonds is 4. The lowest BCUT2D eigenvalue weighted by Crippen LogP contribution is -2.26. The molecule has 0 aliphatic heterocycles. The molecule has 0 saturated carbocycles. The fourth-order valence-corrected chi connectivity index (χ4v) is 1.89. The van der Waals surface area contributed by atoms with Crippen LogP contribution < -0.4 is 4.74 Å². The first-order valence-electron chi connectivity index (χ1n) is 4.81. The van der Waals surface area contributed by atoms with Crippen LogP contribution in [-0.4, -0.2) is 21.0 Å². The van der Waals surface area contributed by atoms with E-state index in [1.54, 1.807) is 6.07 Å². The second-order valence-electron chi connectivity index (χ2n) is 3.38. The van der Waals surface area contributed by atoms with Gasteiger partial charge in [-0.25, -0.2) is 0 Å². The van der Waals surface area contributed by atoms with Crippen LogP contribution in [0.15, 0.2) is 24.3 Å². The van der Waals surface area contributed by atoms with E-state index in [1.165, 1.54) is 32.2 Å². The minimum atomic E-state index is -5.63. The highest BCUT2D eigenvalue weighted by atomic mass is 32.2. The highest BCUT2D eigenvalue weighted by molar-refractivity contribution is 7.87. The third-order valence-electron chi connectivity index (χ3n) is 2.13. The summed E-state index contributed by atoms with van der Waals surface area (Å²) in [6, 6.07) is 6.07. The molecule has 0 radical (unpaired) electrons. The molecule has 0 amide bonds. The second kappa shape index (κ2) is 5.15. The summed E-state index contributed by atoms with van der Waals surface area (Å²) >= 11 is 0. The van der Waals surface area contributed by atoms with Crippen molar-refractivity contribution >= 4 is 10.1 Å². The van der Waals surface area contributed by atoms with Gasteiger partial charge in [0.1, 0.15) is 11.9 Å². The first-order chi connectivity index (χ1) is 8.19. The first-order valence-corrected chi connectivity index (χ1v) is 6.22. The molecule has 1 atom stereocenters. The molecule has 102 valence electrons. The van der Waals surface area contributed by atoms with Gasteiger partial charge in [-0.1, -0.05) is 18.2 Å². The zero-order valence-electron chi connectivity index (χ0n) is 9.56. The molecule has 8 heteroatoms. The average molecular weight is 284 g/mol. The number of hydrogen-bond acceptors (Lipinski definition) is 4. The summed E-state index contributed by atoms with van der Waals surface area (Å²) in [5, 5.41) is 0. The molecular weight excluding hydrogens is 273 g/mol. The summed E-state index contributed by atoms with van der Waals surface area (Å²) < 4.78 is 67.1. The van der Waals surface area contributed by atoms with Gasteiger partial charge in [0.25, 0.3) is 0 Å². The first kappa shape index (κ1) is 14.8. The molecule has 1 unspecified atom stereocenters. The van der Waals surface area contributed by atoms with Gasteiger partial charge < -0.3 is 4.74 Å². The molecular formula is C10H11F3O4S. The average Bonchev–Trinajstić information content (AvgIpc) is 2.26. The minimum Gasteiger partial charge on any atom is -0.496 e. The summed E-state index contributed by atoms with van der Waals surface area (Å²) in [6.07, 6.45) is -1.30. The van der Waals surface area contributed by atoms with Crippen molar-refractivity contribution in [3.8, 4) is 5.75 Å². The van der Waals surface area contributed by atoms with E-state index in [1.807, 2.05) is 0 Å². The lowest BCUT2D eigenvalue weighted by molar-refractivity contribution is -0.0569. The third kappa shape index (κ3) is 3.14. The number of ether oxygens (including phenoxy) is 1. The number of alkyl halides is 3. The predicted molar refractivity (Wildman–Crippen MR) is 57.5 cm³/mol. The number of benzene rings is 1. The van der Waals surface area contributed by atoms with Gasteiger partial charge in [-0.05, 0) is 13.0 Å². The maximum Gasteiger partial charge on any atom is 0.523 e. The van der Waals surface area contributed by atoms with Crippen LogP contribution in [0.3, 0.4) is 0 Å². The van der Waals surface area contributed by atoms with Crippen LogP contribution in [0.25, 0.3) is 0 Å². The summed E-state index contributed by atoms with van der Waals surface area (Å²) in [5.41, 5.74) is -5.23. The van der Waals surface area contributed by atoms with Crippen molar-refractivity contribution in [3.63, 3.8) is 0 Å². The van der Waals surface area contributed by atoms with Crippen molar-refractivity contribution in [1.82, 2.24) is 0 Å². The molecule has 0 N–H and O–H groups in total. The van der Waals surface area contributed by atoms with E-state index < -0.39 is 21.7 Å². The molecule has 0 aliphatic carbocycles. The number of methoxy groups -OCH3 is 1. The van der Waals surface area contributed by atoms with E-state index in [2.05, 4.69) is 4.18 Å². The number of halogens is 3. The fourth-order valence-electron chi connectivity index (χ4n) is 1.30. The Morgan fingerprint density at radius 3 is 2.28 bits per heavy atom. The SMILES string of the molecule is COc1ccccc1C(C)OS(=O)(=O)C(F)(F)F. The topological polar surface area (TPSA) is 52.6 Å². The maximum absolute atomic E-state index is 12.1. The van der Waals surface area contributed by atoms with E-state index in [0.29, 0.717) is 0 Å². The smallest absolute Gasteiger partial charge is 0.496 e. The van der Waals surface area contributed by atoms with E-state index in [-0.39, 0.29) is 11.3 Å². The van der Waals surface area contributed by atoms with E-state index in [9.17, 15) is 21.6 Å². The van der Waals surface area contributed by atoms with Crippen LogP contribution in [0.4, 0.5) is 13.2 Å². The Labute approximate surface area is 102 Å². The minimum absolute atomic E-state index is 0.216. The van der Waals surface area contributed by atoms with Crippen molar-refractivity contribution < 1.29 is 30.5 Å². The Hall–Kier alpha value is -1.28. The highest BCUT2D eigenvalue weighted by Gasteiger charge is 2.48. The van der Waals surface area contributed by atoms with Crippen LogP contribution in [0.2, 0.25) is 0 Å². The molecule has 1 aromatic carbocycles. The van der Waals surface area contributed by atoms with Crippen molar-refractivity contribution in [2.24, 2.45) is 0 Å². The Kier molecular flexibility index (Phi) is 4.23. The molecule has 0 saturated heterocycles. The Bertz CT molecular complexity index is 510. The van der Waals surface area contributed by atoms with Gasteiger partial charge in [0.05, 0.1) is 7.11 Å². The van der Waals surface area contributed by atoms with Crippen molar-refractivity contribution in [2.75, 3.05) is 7.11 Å². The summed E-state index contributed by atoms with van der Waals surface area (Å²) in [5.74, 6) is 0.252. The number of para-hydroxylation sites is 1. The zero-order valence-corrected chi connectivity index (χ0v) is 10.4. The molecule has 18 heavy (non-hydrogen) atoms. The molecule has 0 bridgehead atoms. The van der Waals surface area contributed by atoms with E-state index in [0.717, 1.165) is 0 Å². The molecule has 0 heterocycles. The fraction of sp³-hybridized carbons (Fsp3) is 0.400. The molecule has 0 aromatic heterocycles. The zero-order chi connectivity index (χ0) is 14.0. The van der Waals surface area contributed by atoms with Crippen LogP contribution >= 0.6 is 0 Å². The second-order valence-corrected chi connectivity index (χ2v) is 4.94. The Morgan fingerprint density at radius 1 is 1.22 bits per heavy atom. The predicted octanol–water partition coefficient (Wildman–Crippen LogP) is 2.62. The van der Waals surface area contributed by atoms with E-state index >= 15 is 0 Å². The van der Waals surface area contributed by atoms with Gasteiger partial charge in [-0.2, -0.15) is 21.6 Å². The van der Waals surface area contributed by atoms with Gasteiger partial charge >= 0.3 is 15.6 Å². The molecule has 0 fully saturated rings. The summed E-state index contributed by atoms with van der Waals surface area (Å²) in [4.78, 5) is 0. The summed E-state index contributed by atoms with van der Waals surface area (Å²) in [7, 11) is -4.30. The lowest BCUT2D eigenvalue weighted by atomic mass is 10.1. The van der Waals surface area contributed by atoms with Crippen LogP contribution in [0.1, 0.15) is 18.6 Å². The van der Waals surface area contributed by atoms with Crippen molar-refractivity contribution in [2.45, 2.75) is 18.5 Å². The third-order valence-corrected chi connectivity index (χ3v) is 3.24. The molecule has 1 rings (SSSR count). The monoisotopic (exact) mass is 284 g/mol. The highest BCUT2D eigenvalue weighted by Crippen LogP contribution is 2.33. The van der Waals surface area contributed by atoms with Crippen LogP contribution in [0, 0.1) is 0 Å². The lowest BCUT2D eigenvalue weighted by Gasteiger charge is -2.17. The van der Waals surface area contributed by atoms with Crippen molar-refractivity contribution in [1.29, 1.82) is 0 Å². The molecule has 4 nitrogen and oxygen atoms in total. The van der Waals surface area contributed by atoms with E-state index in [4.69, 9.17) is 4.74 Å². The van der Waals surface area contributed by atoms with Gasteiger partial charge in [0.2, 0.25) is 0 Å². The standard InChI is InChI=1S/C10H11F3O4S/c1-7(17-18(14,15)10(11,12)13)8-5-3-4-6-9(8)16-2/h3-7H,1-2H3. The largest absolute Gasteiger partial charge is 0.523 e. The maximum atomic E-state index is 12.1. The Morgan fingerprint density at radius 2 is 1.78 bits per heavy atom. The van der Waals surface area contributed by atoms with Crippen molar-refractivity contribution in [3.05, 3.63) is 29.8 Å². The molecule has 1 aromatic rings. The quantitative estimate of drug-likeness (QED) is 0.630. The van der Waals surface area contributed by atoms with Crippen LogP contribution in [-0.2, 0) is 14.3 Å². The van der Waals surface area contributed by atoms with Gasteiger partial charge in [0.15, 0.2) is 0 Å². The number of hydrogen-bond donors (Lipinski definition) is 0. The van der Waals surface area contributed by atoms with Gasteiger partial charge in [-0.15, -0.1) is 0 Å². The normalized spacial score (nSPS) is 14.3. The van der Waals surface area contributed by atoms with Gasteiger partial charge in [-0.3, -0.25) is 4.18 Å². The molecule has 0 spiro atoms. The van der Waals surface area contributed by atoms with Gasteiger partial charge in [0, 0.05) is 5.56 Å².